The fraction of sp³-hybridized carbons (Fsp3) is 0.333. The van der Waals surface area contributed by atoms with Crippen LogP contribution >= 0.6 is 0 Å². The summed E-state index contributed by atoms with van der Waals surface area (Å²) in [5.74, 6) is 0.219. The number of aromatic nitrogens is 1. The van der Waals surface area contributed by atoms with Crippen LogP contribution in [0.25, 0.3) is 0 Å². The highest BCUT2D eigenvalue weighted by Gasteiger charge is 2.44. The lowest BCUT2D eigenvalue weighted by atomic mass is 10.1. The standard InChI is InChI=1S/C16H16FN3O2.C2H6/c1-16(5-6-16)15(21)20-14-9-11(4-7-19-14)22-13-3-2-10(18)8-12(13)17;1-2/h2-4,7-9H,5-6,18H2,1H3,(H,19,20,21);1-2H3. The van der Waals surface area contributed by atoms with Crippen molar-refractivity contribution in [1.29, 1.82) is 0 Å². The van der Waals surface area contributed by atoms with Gasteiger partial charge in [0.2, 0.25) is 5.91 Å². The summed E-state index contributed by atoms with van der Waals surface area (Å²) < 4.78 is 19.2. The third-order valence-electron chi connectivity index (χ3n) is 3.70. The Morgan fingerprint density at radius 2 is 2.00 bits per heavy atom. The normalized spacial score (nSPS) is 14.2. The number of rotatable bonds is 4. The van der Waals surface area contributed by atoms with Gasteiger partial charge >= 0.3 is 0 Å². The highest BCUT2D eigenvalue weighted by molar-refractivity contribution is 5.96. The Labute approximate surface area is 141 Å². The van der Waals surface area contributed by atoms with Crippen molar-refractivity contribution in [2.45, 2.75) is 33.6 Å². The average molecular weight is 331 g/mol. The zero-order valence-corrected chi connectivity index (χ0v) is 14.1. The van der Waals surface area contributed by atoms with E-state index in [2.05, 4.69) is 10.3 Å². The predicted octanol–water partition coefficient (Wildman–Crippen LogP) is 4.36. The molecule has 1 amide bonds. The van der Waals surface area contributed by atoms with E-state index in [0.29, 0.717) is 17.3 Å². The Morgan fingerprint density at radius 1 is 1.29 bits per heavy atom. The van der Waals surface area contributed by atoms with Gasteiger partial charge in [0.1, 0.15) is 11.6 Å². The molecular weight excluding hydrogens is 309 g/mol. The van der Waals surface area contributed by atoms with Crippen LogP contribution in [0, 0.1) is 11.2 Å². The first-order valence-corrected chi connectivity index (χ1v) is 7.97. The topological polar surface area (TPSA) is 77.2 Å². The van der Waals surface area contributed by atoms with Gasteiger partial charge in [-0.1, -0.05) is 20.8 Å². The summed E-state index contributed by atoms with van der Waals surface area (Å²) in [6, 6.07) is 7.34. The van der Waals surface area contributed by atoms with Crippen LogP contribution in [-0.4, -0.2) is 10.9 Å². The maximum atomic E-state index is 13.7. The third kappa shape index (κ3) is 4.22. The van der Waals surface area contributed by atoms with Crippen molar-refractivity contribution in [3.05, 3.63) is 42.3 Å². The van der Waals surface area contributed by atoms with Gasteiger partial charge in [-0.25, -0.2) is 9.37 Å². The van der Waals surface area contributed by atoms with Crippen molar-refractivity contribution in [3.8, 4) is 11.5 Å². The summed E-state index contributed by atoms with van der Waals surface area (Å²) in [5, 5.41) is 2.75. The van der Waals surface area contributed by atoms with Crippen molar-refractivity contribution in [2.24, 2.45) is 5.41 Å². The Hall–Kier alpha value is -2.63. The van der Waals surface area contributed by atoms with E-state index in [4.69, 9.17) is 10.5 Å². The van der Waals surface area contributed by atoms with E-state index in [1.165, 1.54) is 18.3 Å². The minimum absolute atomic E-state index is 0.0594. The van der Waals surface area contributed by atoms with Crippen LogP contribution in [0.5, 0.6) is 11.5 Å². The third-order valence-corrected chi connectivity index (χ3v) is 3.70. The van der Waals surface area contributed by atoms with Gasteiger partial charge in [-0.15, -0.1) is 0 Å². The lowest BCUT2D eigenvalue weighted by Gasteiger charge is -2.11. The van der Waals surface area contributed by atoms with E-state index in [1.54, 1.807) is 18.2 Å². The quantitative estimate of drug-likeness (QED) is 0.816. The van der Waals surface area contributed by atoms with Crippen molar-refractivity contribution in [1.82, 2.24) is 4.98 Å². The molecule has 5 nitrogen and oxygen atoms in total. The van der Waals surface area contributed by atoms with E-state index in [9.17, 15) is 9.18 Å². The molecule has 1 aromatic carbocycles. The van der Waals surface area contributed by atoms with E-state index < -0.39 is 5.82 Å². The van der Waals surface area contributed by atoms with Gasteiger partial charge in [-0.2, -0.15) is 0 Å². The predicted molar refractivity (Wildman–Crippen MR) is 92.4 cm³/mol. The van der Waals surface area contributed by atoms with Crippen LogP contribution in [0.15, 0.2) is 36.5 Å². The lowest BCUT2D eigenvalue weighted by Crippen LogP contribution is -2.21. The summed E-state index contributed by atoms with van der Waals surface area (Å²) >= 11 is 0. The van der Waals surface area contributed by atoms with Gasteiger partial charge < -0.3 is 15.8 Å². The summed E-state index contributed by atoms with van der Waals surface area (Å²) in [4.78, 5) is 16.1. The molecule has 1 saturated carbocycles. The minimum atomic E-state index is -0.548. The fourth-order valence-electron chi connectivity index (χ4n) is 1.95. The van der Waals surface area contributed by atoms with Crippen molar-refractivity contribution in [2.75, 3.05) is 11.1 Å². The SMILES string of the molecule is CC.CC1(C(=O)Nc2cc(Oc3ccc(N)cc3F)ccn2)CC1. The van der Waals surface area contributed by atoms with E-state index in [-0.39, 0.29) is 17.1 Å². The number of ether oxygens (including phenoxy) is 1. The molecule has 0 saturated heterocycles. The van der Waals surface area contributed by atoms with E-state index in [0.717, 1.165) is 12.8 Å². The maximum absolute atomic E-state index is 13.7. The van der Waals surface area contributed by atoms with E-state index >= 15 is 0 Å². The highest BCUT2D eigenvalue weighted by Crippen LogP contribution is 2.45. The van der Waals surface area contributed by atoms with Crippen LogP contribution in [0.3, 0.4) is 0 Å². The number of nitrogens with zero attached hydrogens (tertiary/aromatic N) is 1. The van der Waals surface area contributed by atoms with Crippen LogP contribution < -0.4 is 15.8 Å². The number of pyridine rings is 1. The molecule has 128 valence electrons. The molecule has 3 N–H and O–H groups in total. The smallest absolute Gasteiger partial charge is 0.231 e. The largest absolute Gasteiger partial charge is 0.454 e. The molecule has 0 unspecified atom stereocenters. The second-order valence-electron chi connectivity index (χ2n) is 5.68. The van der Waals surface area contributed by atoms with Crippen LogP contribution in [0.2, 0.25) is 0 Å². The first-order valence-electron chi connectivity index (χ1n) is 7.97. The molecule has 0 spiro atoms. The molecule has 1 aliphatic carbocycles. The molecule has 24 heavy (non-hydrogen) atoms. The zero-order chi connectivity index (χ0) is 17.7. The van der Waals surface area contributed by atoms with Gasteiger partial charge in [0.05, 0.1) is 0 Å². The molecule has 1 aromatic heterocycles. The molecule has 0 bridgehead atoms. The number of hydrogen-bond acceptors (Lipinski definition) is 4. The zero-order valence-electron chi connectivity index (χ0n) is 14.1. The fourth-order valence-corrected chi connectivity index (χ4v) is 1.95. The van der Waals surface area contributed by atoms with Crippen LogP contribution in [0.4, 0.5) is 15.9 Å². The molecule has 3 rings (SSSR count). The monoisotopic (exact) mass is 331 g/mol. The first-order chi connectivity index (χ1) is 11.5. The molecule has 1 aliphatic rings. The molecule has 1 heterocycles. The number of nitrogens with one attached hydrogen (secondary N) is 1. The van der Waals surface area contributed by atoms with Gasteiger partial charge in [0.25, 0.3) is 0 Å². The van der Waals surface area contributed by atoms with Crippen molar-refractivity contribution < 1.29 is 13.9 Å². The molecule has 0 radical (unpaired) electrons. The molecule has 0 atom stereocenters. The van der Waals surface area contributed by atoms with Crippen LogP contribution in [-0.2, 0) is 4.79 Å². The summed E-state index contributed by atoms with van der Waals surface area (Å²) in [6.07, 6.45) is 3.26. The number of nitrogens with two attached hydrogens (primary N) is 1. The number of carbonyl (C=O) groups is 1. The molecular formula is C18H22FN3O2. The van der Waals surface area contributed by atoms with Gasteiger partial charge in [-0.05, 0) is 31.0 Å². The molecule has 1 fully saturated rings. The Morgan fingerprint density at radius 3 is 2.62 bits per heavy atom. The second-order valence-corrected chi connectivity index (χ2v) is 5.68. The number of anilines is 2. The number of hydrogen-bond donors (Lipinski definition) is 2. The molecule has 0 aliphatic heterocycles. The summed E-state index contributed by atoms with van der Waals surface area (Å²) in [6.45, 7) is 5.91. The highest BCUT2D eigenvalue weighted by atomic mass is 19.1. The first kappa shape index (κ1) is 17.7. The van der Waals surface area contributed by atoms with Crippen molar-refractivity contribution in [3.63, 3.8) is 0 Å². The van der Waals surface area contributed by atoms with Gasteiger partial charge in [0.15, 0.2) is 11.6 Å². The molecule has 2 aromatic rings. The average Bonchev–Trinajstić information content (AvgIpc) is 3.32. The minimum Gasteiger partial charge on any atom is -0.454 e. The molecule has 6 heteroatoms. The lowest BCUT2D eigenvalue weighted by molar-refractivity contribution is -0.120. The maximum Gasteiger partial charge on any atom is 0.231 e. The van der Waals surface area contributed by atoms with Gasteiger partial charge in [0, 0.05) is 29.4 Å². The number of carbonyl (C=O) groups excluding carboxylic acids is 1. The van der Waals surface area contributed by atoms with Crippen molar-refractivity contribution >= 4 is 17.4 Å². The van der Waals surface area contributed by atoms with Gasteiger partial charge in [-0.3, -0.25) is 4.79 Å². The number of benzene rings is 1. The Bertz CT molecular complexity index is 730. The second kappa shape index (κ2) is 7.29. The number of amides is 1. The summed E-state index contributed by atoms with van der Waals surface area (Å²) in [5.41, 5.74) is 5.53. The summed E-state index contributed by atoms with van der Waals surface area (Å²) in [7, 11) is 0. The van der Waals surface area contributed by atoms with Crippen LogP contribution in [0.1, 0.15) is 33.6 Å². The Kier molecular flexibility index (Phi) is 5.39. The number of halogens is 1. The number of nitrogen functional groups attached to an aromatic ring is 1. The van der Waals surface area contributed by atoms with E-state index in [1.807, 2.05) is 20.8 Å². The Balaban J connectivity index is 0.00000100.